The Hall–Kier alpha value is -2.14. The smallest absolute Gasteiger partial charge is 0.183 e. The summed E-state index contributed by atoms with van der Waals surface area (Å²) in [6.07, 6.45) is 0. The highest BCUT2D eigenvalue weighted by atomic mass is 35.5. The molecule has 0 atom stereocenters. The van der Waals surface area contributed by atoms with Crippen molar-refractivity contribution in [2.75, 3.05) is 5.75 Å². The fourth-order valence-corrected chi connectivity index (χ4v) is 4.99. The molecule has 0 aliphatic carbocycles. The van der Waals surface area contributed by atoms with Crippen LogP contribution < -0.4 is 0 Å². The van der Waals surface area contributed by atoms with E-state index in [0.717, 1.165) is 0 Å². The van der Waals surface area contributed by atoms with E-state index in [1.54, 1.807) is 60.7 Å². The standard InChI is InChI=1S/C20H17ClO3S/c21-18-13-7-8-14-19(18)25(23,24)15-20(22,16-9-3-1-4-10-16)17-11-5-2-6-12-17/h1-14,22H,15H2. The van der Waals surface area contributed by atoms with Gasteiger partial charge in [-0.3, -0.25) is 0 Å². The molecule has 0 amide bonds. The van der Waals surface area contributed by atoms with Crippen LogP contribution in [0.2, 0.25) is 5.02 Å². The maximum atomic E-state index is 13.0. The van der Waals surface area contributed by atoms with Gasteiger partial charge in [0.1, 0.15) is 5.60 Å². The van der Waals surface area contributed by atoms with Crippen LogP contribution in [-0.4, -0.2) is 19.3 Å². The zero-order chi connectivity index (χ0) is 17.9. The number of sulfone groups is 1. The molecule has 0 bridgehead atoms. The highest BCUT2D eigenvalue weighted by Gasteiger charge is 2.38. The second-order valence-corrected chi connectivity index (χ2v) is 8.15. The summed E-state index contributed by atoms with van der Waals surface area (Å²) in [6.45, 7) is 0. The molecule has 0 heterocycles. The topological polar surface area (TPSA) is 54.4 Å². The molecule has 0 saturated carbocycles. The Kier molecular flexibility index (Phi) is 4.95. The van der Waals surface area contributed by atoms with Crippen LogP contribution in [0.25, 0.3) is 0 Å². The molecule has 5 heteroatoms. The van der Waals surface area contributed by atoms with Crippen molar-refractivity contribution in [2.24, 2.45) is 0 Å². The van der Waals surface area contributed by atoms with Crippen molar-refractivity contribution in [1.82, 2.24) is 0 Å². The summed E-state index contributed by atoms with van der Waals surface area (Å²) in [5.74, 6) is -0.502. The first-order valence-corrected chi connectivity index (χ1v) is 9.77. The van der Waals surface area contributed by atoms with E-state index in [1.165, 1.54) is 12.1 Å². The Morgan fingerprint density at radius 1 is 0.760 bits per heavy atom. The fourth-order valence-electron chi connectivity index (χ4n) is 2.81. The van der Waals surface area contributed by atoms with Gasteiger partial charge in [-0.2, -0.15) is 0 Å². The van der Waals surface area contributed by atoms with E-state index in [1.807, 2.05) is 12.1 Å². The quantitative estimate of drug-likeness (QED) is 0.735. The maximum absolute atomic E-state index is 13.0. The summed E-state index contributed by atoms with van der Waals surface area (Å²) in [5, 5.41) is 11.6. The minimum Gasteiger partial charge on any atom is -0.379 e. The minimum atomic E-state index is -3.83. The SMILES string of the molecule is O=S(=O)(CC(O)(c1ccccc1)c1ccccc1)c1ccccc1Cl. The molecule has 3 aromatic carbocycles. The summed E-state index contributed by atoms with van der Waals surface area (Å²) in [6, 6.07) is 23.8. The molecule has 0 spiro atoms. The van der Waals surface area contributed by atoms with Crippen LogP contribution in [0, 0.1) is 0 Å². The molecule has 3 aromatic rings. The van der Waals surface area contributed by atoms with Gasteiger partial charge in [0.2, 0.25) is 0 Å². The van der Waals surface area contributed by atoms with Gasteiger partial charge in [0.25, 0.3) is 0 Å². The summed E-state index contributed by atoms with van der Waals surface area (Å²) in [7, 11) is -3.83. The van der Waals surface area contributed by atoms with E-state index in [4.69, 9.17) is 11.6 Å². The Morgan fingerprint density at radius 2 is 1.20 bits per heavy atom. The van der Waals surface area contributed by atoms with Crippen molar-refractivity contribution in [3.63, 3.8) is 0 Å². The van der Waals surface area contributed by atoms with Gasteiger partial charge >= 0.3 is 0 Å². The molecule has 25 heavy (non-hydrogen) atoms. The van der Waals surface area contributed by atoms with E-state index < -0.39 is 21.2 Å². The predicted octanol–water partition coefficient (Wildman–Crippen LogP) is 4.05. The molecule has 0 aliphatic heterocycles. The molecule has 1 N–H and O–H groups in total. The van der Waals surface area contributed by atoms with Crippen LogP contribution in [0.15, 0.2) is 89.8 Å². The fraction of sp³-hybridized carbons (Fsp3) is 0.100. The lowest BCUT2D eigenvalue weighted by Crippen LogP contribution is -2.36. The molecular weight excluding hydrogens is 356 g/mol. The van der Waals surface area contributed by atoms with Crippen LogP contribution in [0.1, 0.15) is 11.1 Å². The number of hydrogen-bond donors (Lipinski definition) is 1. The largest absolute Gasteiger partial charge is 0.379 e. The third-order valence-electron chi connectivity index (χ3n) is 4.07. The number of aliphatic hydroxyl groups is 1. The minimum absolute atomic E-state index is 0.0157. The first-order chi connectivity index (χ1) is 11.9. The van der Waals surface area contributed by atoms with Crippen LogP contribution >= 0.6 is 11.6 Å². The summed E-state index contributed by atoms with van der Waals surface area (Å²) in [5.41, 5.74) is -0.658. The van der Waals surface area contributed by atoms with Gasteiger partial charge in [-0.25, -0.2) is 8.42 Å². The second-order valence-electron chi connectivity index (χ2n) is 5.78. The Bertz CT molecular complexity index is 915. The van der Waals surface area contributed by atoms with Crippen molar-refractivity contribution in [3.8, 4) is 0 Å². The van der Waals surface area contributed by atoms with Crippen molar-refractivity contribution in [2.45, 2.75) is 10.5 Å². The highest BCUT2D eigenvalue weighted by Crippen LogP contribution is 2.34. The van der Waals surface area contributed by atoms with Gasteiger partial charge < -0.3 is 5.11 Å². The van der Waals surface area contributed by atoms with Crippen LogP contribution in [0.3, 0.4) is 0 Å². The van der Waals surface area contributed by atoms with E-state index in [2.05, 4.69) is 0 Å². The Labute approximate surface area is 152 Å². The molecule has 0 unspecified atom stereocenters. The van der Waals surface area contributed by atoms with E-state index >= 15 is 0 Å². The number of benzene rings is 3. The van der Waals surface area contributed by atoms with Crippen LogP contribution in [0.4, 0.5) is 0 Å². The highest BCUT2D eigenvalue weighted by molar-refractivity contribution is 7.91. The lowest BCUT2D eigenvalue weighted by atomic mass is 9.88. The molecule has 0 aliphatic rings. The lowest BCUT2D eigenvalue weighted by Gasteiger charge is -2.29. The molecule has 0 radical (unpaired) electrons. The molecular formula is C20H17ClO3S. The molecule has 0 saturated heterocycles. The second kappa shape index (κ2) is 7.00. The van der Waals surface area contributed by atoms with Gasteiger partial charge in [-0.15, -0.1) is 0 Å². The Morgan fingerprint density at radius 3 is 1.68 bits per heavy atom. The zero-order valence-corrected chi connectivity index (χ0v) is 14.9. The van der Waals surface area contributed by atoms with Crippen molar-refractivity contribution in [3.05, 3.63) is 101 Å². The molecule has 128 valence electrons. The summed E-state index contributed by atoms with van der Waals surface area (Å²) < 4.78 is 25.9. The molecule has 0 fully saturated rings. The molecule has 3 nitrogen and oxygen atoms in total. The zero-order valence-electron chi connectivity index (χ0n) is 13.3. The monoisotopic (exact) mass is 372 g/mol. The van der Waals surface area contributed by atoms with Gasteiger partial charge in [0.15, 0.2) is 9.84 Å². The third-order valence-corrected chi connectivity index (χ3v) is 6.34. The van der Waals surface area contributed by atoms with Gasteiger partial charge in [0, 0.05) is 0 Å². The molecule has 0 aromatic heterocycles. The van der Waals surface area contributed by atoms with E-state index in [0.29, 0.717) is 11.1 Å². The summed E-state index contributed by atoms with van der Waals surface area (Å²) >= 11 is 6.07. The van der Waals surface area contributed by atoms with Gasteiger partial charge in [-0.05, 0) is 23.3 Å². The average molecular weight is 373 g/mol. The number of hydrogen-bond acceptors (Lipinski definition) is 3. The van der Waals surface area contributed by atoms with Gasteiger partial charge in [-0.1, -0.05) is 84.4 Å². The van der Waals surface area contributed by atoms with E-state index in [-0.39, 0.29) is 9.92 Å². The van der Waals surface area contributed by atoms with Crippen molar-refractivity contribution in [1.29, 1.82) is 0 Å². The third kappa shape index (κ3) is 3.61. The predicted molar refractivity (Wildman–Crippen MR) is 99.4 cm³/mol. The Balaban J connectivity index is 2.13. The molecule has 3 rings (SSSR count). The first-order valence-electron chi connectivity index (χ1n) is 7.74. The van der Waals surface area contributed by atoms with Crippen molar-refractivity contribution >= 4 is 21.4 Å². The average Bonchev–Trinajstić information content (AvgIpc) is 2.63. The van der Waals surface area contributed by atoms with Crippen LogP contribution in [0.5, 0.6) is 0 Å². The van der Waals surface area contributed by atoms with Crippen LogP contribution in [-0.2, 0) is 15.4 Å². The summed E-state index contributed by atoms with van der Waals surface area (Å²) in [4.78, 5) is 0.0157. The number of rotatable bonds is 5. The first kappa shape index (κ1) is 17.7. The van der Waals surface area contributed by atoms with Gasteiger partial charge in [0.05, 0.1) is 15.7 Å². The van der Waals surface area contributed by atoms with E-state index in [9.17, 15) is 13.5 Å². The number of halogens is 1. The lowest BCUT2D eigenvalue weighted by molar-refractivity contribution is 0.105. The maximum Gasteiger partial charge on any atom is 0.183 e. The normalized spacial score (nSPS) is 12.1. The van der Waals surface area contributed by atoms with Crippen molar-refractivity contribution < 1.29 is 13.5 Å².